The largest absolute Gasteiger partial charge is 0.493 e. The highest BCUT2D eigenvalue weighted by atomic mass is 19.1. The van der Waals surface area contributed by atoms with Crippen LogP contribution in [-0.2, 0) is 14.4 Å². The number of halogens is 1. The molecule has 2 N–H and O–H groups in total. The van der Waals surface area contributed by atoms with Crippen LogP contribution in [0, 0.1) is 5.82 Å². The second kappa shape index (κ2) is 10.6. The highest BCUT2D eigenvalue weighted by Gasteiger charge is 2.34. The van der Waals surface area contributed by atoms with Gasteiger partial charge < -0.3 is 19.5 Å². The number of methoxy groups -OCH3 is 2. The molecule has 1 fully saturated rings. The van der Waals surface area contributed by atoms with Crippen LogP contribution in [0.1, 0.15) is 5.56 Å². The molecule has 0 spiro atoms. The van der Waals surface area contributed by atoms with Crippen molar-refractivity contribution in [1.82, 2.24) is 5.43 Å². The van der Waals surface area contributed by atoms with Gasteiger partial charge in [0.15, 0.2) is 18.1 Å². The Morgan fingerprint density at radius 2 is 1.64 bits per heavy atom. The number of ether oxygens (including phenoxy) is 3. The third kappa shape index (κ3) is 5.27. The topological polar surface area (TPSA) is 106 Å². The minimum absolute atomic E-state index is 0.0738. The maximum atomic E-state index is 13.0. The fourth-order valence-corrected chi connectivity index (χ4v) is 3.48. The van der Waals surface area contributed by atoms with Gasteiger partial charge in [0.1, 0.15) is 11.4 Å². The zero-order valence-corrected chi connectivity index (χ0v) is 19.4. The average molecular weight is 491 g/mol. The molecule has 0 bridgehead atoms. The number of anilines is 2. The van der Waals surface area contributed by atoms with E-state index in [0.29, 0.717) is 16.9 Å². The monoisotopic (exact) mass is 491 g/mol. The van der Waals surface area contributed by atoms with E-state index in [4.69, 9.17) is 14.2 Å². The first-order chi connectivity index (χ1) is 17.4. The highest BCUT2D eigenvalue weighted by molar-refractivity contribution is 6.31. The summed E-state index contributed by atoms with van der Waals surface area (Å²) in [4.78, 5) is 37.6. The second-order valence-corrected chi connectivity index (χ2v) is 7.57. The van der Waals surface area contributed by atoms with Crippen LogP contribution in [0.15, 0.2) is 72.3 Å². The van der Waals surface area contributed by atoms with Gasteiger partial charge in [-0.05, 0) is 60.2 Å². The van der Waals surface area contributed by atoms with E-state index in [9.17, 15) is 18.8 Å². The molecule has 184 valence electrons. The van der Waals surface area contributed by atoms with Crippen molar-refractivity contribution in [3.8, 4) is 17.2 Å². The van der Waals surface area contributed by atoms with Gasteiger partial charge in [-0.25, -0.2) is 9.40 Å². The highest BCUT2D eigenvalue weighted by Crippen LogP contribution is 2.39. The van der Waals surface area contributed by atoms with Crippen LogP contribution in [0.25, 0.3) is 6.08 Å². The standard InChI is InChI=1S/C26H22FN3O6/c1-34-21-13-16(12-20-25(32)29-30(26(20)33)19-6-4-3-5-7-19)14-22(35-2)24(21)36-15-23(31)28-18-10-8-17(27)9-11-18/h3-14H,15H2,1-2H3,(H,28,31)(H,29,32). The third-order valence-electron chi connectivity index (χ3n) is 5.18. The fraction of sp³-hybridized carbons (Fsp3) is 0.115. The van der Waals surface area contributed by atoms with Gasteiger partial charge in [0.25, 0.3) is 17.7 Å². The quantitative estimate of drug-likeness (QED) is 0.370. The van der Waals surface area contributed by atoms with Gasteiger partial charge in [-0.15, -0.1) is 0 Å². The second-order valence-electron chi connectivity index (χ2n) is 7.57. The number of nitrogens with zero attached hydrogens (tertiary/aromatic N) is 1. The van der Waals surface area contributed by atoms with Gasteiger partial charge in [0.2, 0.25) is 5.75 Å². The summed E-state index contributed by atoms with van der Waals surface area (Å²) in [5.41, 5.74) is 3.85. The molecule has 10 heteroatoms. The van der Waals surface area contributed by atoms with E-state index in [1.54, 1.807) is 42.5 Å². The maximum Gasteiger partial charge on any atom is 0.282 e. The molecule has 1 saturated heterocycles. The van der Waals surface area contributed by atoms with Crippen molar-refractivity contribution < 1.29 is 33.0 Å². The number of para-hydroxylation sites is 1. The molecule has 36 heavy (non-hydrogen) atoms. The number of amides is 3. The number of benzene rings is 3. The number of carbonyl (C=O) groups is 3. The predicted molar refractivity (Wildman–Crippen MR) is 130 cm³/mol. The Kier molecular flexibility index (Phi) is 7.15. The average Bonchev–Trinajstić information content (AvgIpc) is 3.17. The number of hydrogen-bond donors (Lipinski definition) is 2. The lowest BCUT2D eigenvalue weighted by Gasteiger charge is -2.15. The third-order valence-corrected chi connectivity index (χ3v) is 5.18. The van der Waals surface area contributed by atoms with E-state index in [1.807, 2.05) is 0 Å². The summed E-state index contributed by atoms with van der Waals surface area (Å²) >= 11 is 0. The molecule has 0 saturated carbocycles. The van der Waals surface area contributed by atoms with E-state index in [0.717, 1.165) is 0 Å². The van der Waals surface area contributed by atoms with E-state index in [1.165, 1.54) is 49.6 Å². The van der Waals surface area contributed by atoms with Gasteiger partial charge >= 0.3 is 0 Å². The van der Waals surface area contributed by atoms with E-state index in [2.05, 4.69) is 10.7 Å². The lowest BCUT2D eigenvalue weighted by atomic mass is 10.1. The Bertz CT molecular complexity index is 1300. The van der Waals surface area contributed by atoms with Crippen molar-refractivity contribution in [3.05, 3.63) is 83.7 Å². The predicted octanol–water partition coefficient (Wildman–Crippen LogP) is 3.32. The lowest BCUT2D eigenvalue weighted by Crippen LogP contribution is -2.35. The minimum atomic E-state index is -0.556. The van der Waals surface area contributed by atoms with Crippen molar-refractivity contribution in [3.63, 3.8) is 0 Å². The SMILES string of the molecule is COc1cc(C=C2C(=O)NN(c3ccccc3)C2=O)cc(OC)c1OCC(=O)Nc1ccc(F)cc1. The summed E-state index contributed by atoms with van der Waals surface area (Å²) in [6.45, 7) is -0.378. The van der Waals surface area contributed by atoms with E-state index in [-0.39, 0.29) is 29.4 Å². The normalized spacial score (nSPS) is 14.0. The Hall–Kier alpha value is -4.86. The summed E-state index contributed by atoms with van der Waals surface area (Å²) in [6, 6.07) is 17.1. The molecule has 1 aliphatic rings. The van der Waals surface area contributed by atoms with Crippen molar-refractivity contribution in [1.29, 1.82) is 0 Å². The molecule has 1 heterocycles. The minimum Gasteiger partial charge on any atom is -0.493 e. The number of hydrazine groups is 1. The van der Waals surface area contributed by atoms with Crippen LogP contribution in [-0.4, -0.2) is 38.5 Å². The Balaban J connectivity index is 1.53. The van der Waals surface area contributed by atoms with E-state index < -0.39 is 23.5 Å². The summed E-state index contributed by atoms with van der Waals surface area (Å²) in [6.07, 6.45) is 1.41. The molecule has 0 unspecified atom stereocenters. The van der Waals surface area contributed by atoms with Crippen molar-refractivity contribution in [2.75, 3.05) is 31.2 Å². The zero-order valence-electron chi connectivity index (χ0n) is 19.4. The molecule has 1 aliphatic heterocycles. The first kappa shape index (κ1) is 24.3. The van der Waals surface area contributed by atoms with Crippen LogP contribution in [0.2, 0.25) is 0 Å². The zero-order chi connectivity index (χ0) is 25.7. The van der Waals surface area contributed by atoms with Crippen LogP contribution < -0.4 is 30.0 Å². The Morgan fingerprint density at radius 3 is 2.25 bits per heavy atom. The number of carbonyl (C=O) groups excluding carboxylic acids is 3. The van der Waals surface area contributed by atoms with Crippen molar-refractivity contribution in [2.45, 2.75) is 0 Å². The van der Waals surface area contributed by atoms with Crippen molar-refractivity contribution >= 4 is 35.2 Å². The summed E-state index contributed by atoms with van der Waals surface area (Å²) < 4.78 is 29.5. The van der Waals surface area contributed by atoms with Crippen LogP contribution >= 0.6 is 0 Å². The fourth-order valence-electron chi connectivity index (χ4n) is 3.48. The number of rotatable bonds is 8. The molecule has 9 nitrogen and oxygen atoms in total. The first-order valence-electron chi connectivity index (χ1n) is 10.8. The van der Waals surface area contributed by atoms with Gasteiger partial charge in [0, 0.05) is 5.69 Å². The van der Waals surface area contributed by atoms with Gasteiger partial charge in [-0.1, -0.05) is 18.2 Å². The summed E-state index contributed by atoms with van der Waals surface area (Å²) in [7, 11) is 2.81. The molecule has 3 aromatic carbocycles. The van der Waals surface area contributed by atoms with Crippen LogP contribution in [0.4, 0.5) is 15.8 Å². The molecule has 0 radical (unpaired) electrons. The van der Waals surface area contributed by atoms with E-state index >= 15 is 0 Å². The molecule has 0 aliphatic carbocycles. The van der Waals surface area contributed by atoms with Gasteiger partial charge in [-0.3, -0.25) is 19.8 Å². The maximum absolute atomic E-state index is 13.0. The van der Waals surface area contributed by atoms with Gasteiger partial charge in [-0.2, -0.15) is 0 Å². The molecule has 3 amide bonds. The summed E-state index contributed by atoms with van der Waals surface area (Å²) in [5, 5.41) is 3.76. The Labute approximate surface area is 206 Å². The molecule has 4 rings (SSSR count). The molecular formula is C26H22FN3O6. The van der Waals surface area contributed by atoms with Crippen LogP contribution in [0.3, 0.4) is 0 Å². The first-order valence-corrected chi connectivity index (χ1v) is 10.8. The lowest BCUT2D eigenvalue weighted by molar-refractivity contribution is -0.118. The number of nitrogens with one attached hydrogen (secondary N) is 2. The smallest absolute Gasteiger partial charge is 0.282 e. The van der Waals surface area contributed by atoms with Crippen molar-refractivity contribution in [2.24, 2.45) is 0 Å². The molecular weight excluding hydrogens is 469 g/mol. The summed E-state index contributed by atoms with van der Waals surface area (Å²) in [5.74, 6) is -1.36. The van der Waals surface area contributed by atoms with Crippen LogP contribution in [0.5, 0.6) is 17.2 Å². The Morgan fingerprint density at radius 1 is 1.00 bits per heavy atom. The molecule has 0 atom stereocenters. The molecule has 0 aromatic heterocycles. The van der Waals surface area contributed by atoms with Gasteiger partial charge in [0.05, 0.1) is 19.9 Å². The molecule has 3 aromatic rings. The number of hydrogen-bond acceptors (Lipinski definition) is 6.